The van der Waals surface area contributed by atoms with Crippen LogP contribution >= 0.6 is 0 Å². The lowest BCUT2D eigenvalue weighted by molar-refractivity contribution is -0.138. The van der Waals surface area contributed by atoms with Crippen molar-refractivity contribution in [2.45, 2.75) is 11.8 Å². The third-order valence-electron chi connectivity index (χ3n) is 5.06. The van der Waals surface area contributed by atoms with Gasteiger partial charge in [-0.15, -0.1) is 0 Å². The number of hydrogen-bond acceptors (Lipinski definition) is 4. The van der Waals surface area contributed by atoms with Gasteiger partial charge < -0.3 is 9.47 Å². The summed E-state index contributed by atoms with van der Waals surface area (Å²) in [6.07, 6.45) is 11.0. The normalized spacial score (nSPS) is 17.6. The van der Waals surface area contributed by atoms with Gasteiger partial charge in [-0.3, -0.25) is 0 Å². The van der Waals surface area contributed by atoms with Gasteiger partial charge in [0.15, 0.2) is 0 Å². The highest BCUT2D eigenvalue weighted by Gasteiger charge is 2.54. The van der Waals surface area contributed by atoms with E-state index < -0.39 is 11.9 Å². The van der Waals surface area contributed by atoms with Gasteiger partial charge in [0.2, 0.25) is 0 Å². The average Bonchev–Trinajstić information content (AvgIpc) is 3.51. The van der Waals surface area contributed by atoms with Crippen LogP contribution in [-0.2, 0) is 24.5 Å². The molecule has 3 rings (SSSR count). The molecule has 0 bridgehead atoms. The van der Waals surface area contributed by atoms with E-state index in [0.717, 1.165) is 18.6 Å². The molecule has 29 heavy (non-hydrogen) atoms. The van der Waals surface area contributed by atoms with Crippen molar-refractivity contribution in [2.24, 2.45) is 5.92 Å². The molecule has 4 heteroatoms. The Kier molecular flexibility index (Phi) is 6.80. The molecule has 0 radical (unpaired) electrons. The summed E-state index contributed by atoms with van der Waals surface area (Å²) in [5, 5.41) is 0. The predicted molar refractivity (Wildman–Crippen MR) is 112 cm³/mol. The Bertz CT molecular complexity index is 871. The second-order valence-electron chi connectivity index (χ2n) is 6.81. The summed E-state index contributed by atoms with van der Waals surface area (Å²) in [5.41, 5.74) is 2.69. The zero-order valence-corrected chi connectivity index (χ0v) is 16.4. The SMILES string of the molecule is COC(=O)/C=C/C(=O)OC/C=C/C=C/C1CC1(c1ccccc1)c1ccccc1. The molecular formula is C25H24O4. The van der Waals surface area contributed by atoms with Crippen LogP contribution in [0.5, 0.6) is 0 Å². The van der Waals surface area contributed by atoms with Gasteiger partial charge in [-0.25, -0.2) is 9.59 Å². The van der Waals surface area contributed by atoms with E-state index in [-0.39, 0.29) is 12.0 Å². The molecule has 1 fully saturated rings. The number of carbonyl (C=O) groups excluding carboxylic acids is 2. The molecule has 1 aliphatic rings. The van der Waals surface area contributed by atoms with Gasteiger partial charge in [-0.1, -0.05) is 78.9 Å². The lowest BCUT2D eigenvalue weighted by Gasteiger charge is -2.18. The third kappa shape index (κ3) is 5.11. The number of ether oxygens (including phenoxy) is 2. The van der Waals surface area contributed by atoms with Crippen molar-refractivity contribution < 1.29 is 19.1 Å². The highest BCUT2D eigenvalue weighted by atomic mass is 16.5. The maximum Gasteiger partial charge on any atom is 0.331 e. The number of allylic oxidation sites excluding steroid dienone is 3. The Hall–Kier alpha value is -3.40. The van der Waals surface area contributed by atoms with Gasteiger partial charge >= 0.3 is 11.9 Å². The summed E-state index contributed by atoms with van der Waals surface area (Å²) in [6.45, 7) is 0.141. The number of benzene rings is 2. The molecular weight excluding hydrogens is 364 g/mol. The maximum absolute atomic E-state index is 11.4. The largest absolute Gasteiger partial charge is 0.466 e. The van der Waals surface area contributed by atoms with E-state index in [9.17, 15) is 9.59 Å². The van der Waals surface area contributed by atoms with E-state index in [1.54, 1.807) is 6.08 Å². The lowest BCUT2D eigenvalue weighted by atomic mass is 9.85. The van der Waals surface area contributed by atoms with E-state index in [1.165, 1.54) is 18.2 Å². The minimum atomic E-state index is -0.592. The van der Waals surface area contributed by atoms with Gasteiger partial charge in [0, 0.05) is 17.6 Å². The van der Waals surface area contributed by atoms with Crippen LogP contribution in [-0.4, -0.2) is 25.7 Å². The number of carbonyl (C=O) groups is 2. The molecule has 4 nitrogen and oxygen atoms in total. The minimum Gasteiger partial charge on any atom is -0.466 e. The molecule has 1 unspecified atom stereocenters. The highest BCUT2D eigenvalue weighted by molar-refractivity contribution is 5.91. The van der Waals surface area contributed by atoms with Crippen molar-refractivity contribution in [3.63, 3.8) is 0 Å². The highest BCUT2D eigenvalue weighted by Crippen LogP contribution is 2.59. The van der Waals surface area contributed by atoms with Crippen LogP contribution in [0.2, 0.25) is 0 Å². The Morgan fingerprint density at radius 1 is 0.931 bits per heavy atom. The van der Waals surface area contributed by atoms with Gasteiger partial charge in [0.05, 0.1) is 7.11 Å². The Morgan fingerprint density at radius 2 is 1.52 bits per heavy atom. The maximum atomic E-state index is 11.4. The molecule has 0 spiro atoms. The van der Waals surface area contributed by atoms with E-state index in [1.807, 2.05) is 24.3 Å². The molecule has 1 atom stereocenters. The summed E-state index contributed by atoms with van der Waals surface area (Å²) < 4.78 is 9.40. The summed E-state index contributed by atoms with van der Waals surface area (Å²) in [4.78, 5) is 22.4. The molecule has 0 amide bonds. The fourth-order valence-corrected chi connectivity index (χ4v) is 3.54. The monoisotopic (exact) mass is 388 g/mol. The molecule has 2 aromatic carbocycles. The number of esters is 2. The quantitative estimate of drug-likeness (QED) is 0.383. The summed E-state index contributed by atoms with van der Waals surface area (Å²) in [7, 11) is 1.25. The Morgan fingerprint density at radius 3 is 2.10 bits per heavy atom. The Balaban J connectivity index is 1.57. The van der Waals surface area contributed by atoms with Crippen molar-refractivity contribution in [1.29, 1.82) is 0 Å². The molecule has 0 heterocycles. The zero-order chi connectivity index (χ0) is 20.5. The van der Waals surface area contributed by atoms with E-state index in [0.29, 0.717) is 5.92 Å². The van der Waals surface area contributed by atoms with Crippen molar-refractivity contribution in [2.75, 3.05) is 13.7 Å². The first-order valence-electron chi connectivity index (χ1n) is 9.54. The van der Waals surface area contributed by atoms with Crippen molar-refractivity contribution in [3.05, 3.63) is 108 Å². The fourth-order valence-electron chi connectivity index (χ4n) is 3.54. The second-order valence-corrected chi connectivity index (χ2v) is 6.81. The molecule has 2 aromatic rings. The number of hydrogen-bond donors (Lipinski definition) is 0. The van der Waals surface area contributed by atoms with Crippen LogP contribution in [0.1, 0.15) is 17.5 Å². The molecule has 0 aliphatic heterocycles. The molecule has 0 N–H and O–H groups in total. The minimum absolute atomic E-state index is 0.0258. The summed E-state index contributed by atoms with van der Waals surface area (Å²) in [6, 6.07) is 21.2. The van der Waals surface area contributed by atoms with Crippen molar-refractivity contribution >= 4 is 11.9 Å². The third-order valence-corrected chi connectivity index (χ3v) is 5.06. The number of methoxy groups -OCH3 is 1. The van der Waals surface area contributed by atoms with Crippen LogP contribution < -0.4 is 0 Å². The Labute approximate surface area is 171 Å². The fraction of sp³-hybridized carbons (Fsp3) is 0.200. The second kappa shape index (κ2) is 9.69. The lowest BCUT2D eigenvalue weighted by Crippen LogP contribution is -2.11. The summed E-state index contributed by atoms with van der Waals surface area (Å²) in [5.74, 6) is -0.758. The molecule has 1 aliphatic carbocycles. The standard InChI is InChI=1S/C25H24O4/c1-28-23(26)16-17-24(27)29-18-10-4-9-15-22-19-25(22,20-11-5-2-6-12-20)21-13-7-3-8-14-21/h2-17,22H,18-19H2,1H3/b10-4+,15-9+,17-16+. The van der Waals surface area contributed by atoms with Gasteiger partial charge in [-0.05, 0) is 29.5 Å². The first-order chi connectivity index (χ1) is 14.2. The van der Waals surface area contributed by atoms with Crippen LogP contribution in [0.3, 0.4) is 0 Å². The smallest absolute Gasteiger partial charge is 0.331 e. The molecule has 148 valence electrons. The molecule has 0 aromatic heterocycles. The zero-order valence-electron chi connectivity index (χ0n) is 16.4. The first-order valence-corrected chi connectivity index (χ1v) is 9.54. The summed E-state index contributed by atoms with van der Waals surface area (Å²) >= 11 is 0. The van der Waals surface area contributed by atoms with E-state index >= 15 is 0 Å². The van der Waals surface area contributed by atoms with Crippen LogP contribution in [0.25, 0.3) is 0 Å². The first kappa shape index (κ1) is 20.3. The van der Waals surface area contributed by atoms with Crippen LogP contribution in [0.15, 0.2) is 97.1 Å². The average molecular weight is 388 g/mol. The molecule has 1 saturated carbocycles. The molecule has 0 saturated heterocycles. The van der Waals surface area contributed by atoms with Gasteiger partial charge in [-0.2, -0.15) is 0 Å². The predicted octanol–water partition coefficient (Wildman–Crippen LogP) is 4.38. The van der Waals surface area contributed by atoms with Gasteiger partial charge in [0.25, 0.3) is 0 Å². The van der Waals surface area contributed by atoms with Crippen LogP contribution in [0.4, 0.5) is 0 Å². The van der Waals surface area contributed by atoms with E-state index in [4.69, 9.17) is 4.74 Å². The van der Waals surface area contributed by atoms with Crippen molar-refractivity contribution in [3.8, 4) is 0 Å². The topological polar surface area (TPSA) is 52.6 Å². The van der Waals surface area contributed by atoms with E-state index in [2.05, 4.69) is 59.3 Å². The number of rotatable bonds is 8. The van der Waals surface area contributed by atoms with Gasteiger partial charge in [0.1, 0.15) is 6.61 Å². The van der Waals surface area contributed by atoms with Crippen molar-refractivity contribution in [1.82, 2.24) is 0 Å². The van der Waals surface area contributed by atoms with Crippen LogP contribution in [0, 0.1) is 5.92 Å².